The number of rotatable bonds is 2. The summed E-state index contributed by atoms with van der Waals surface area (Å²) in [5, 5.41) is 0. The molecule has 2 rings (SSSR count). The van der Waals surface area contributed by atoms with Crippen LogP contribution in [0.2, 0.25) is 0 Å². The van der Waals surface area contributed by atoms with Crippen molar-refractivity contribution in [1.29, 1.82) is 0 Å². The first kappa shape index (κ1) is 16.5. The van der Waals surface area contributed by atoms with E-state index in [1.165, 1.54) is 12.1 Å². The van der Waals surface area contributed by atoms with Gasteiger partial charge in [-0.25, -0.2) is 8.42 Å². The minimum atomic E-state index is -5.27. The van der Waals surface area contributed by atoms with Gasteiger partial charge >= 0.3 is 5.51 Å². The number of anilines is 1. The zero-order valence-corrected chi connectivity index (χ0v) is 13.1. The molecular formula is C13H16F3NO2S2. The van der Waals surface area contributed by atoms with E-state index < -0.39 is 20.2 Å². The van der Waals surface area contributed by atoms with Crippen molar-refractivity contribution >= 4 is 27.3 Å². The summed E-state index contributed by atoms with van der Waals surface area (Å²) in [6.07, 6.45) is 0.993. The normalized spacial score (nSPS) is 21.1. The van der Waals surface area contributed by atoms with Gasteiger partial charge < -0.3 is 4.90 Å². The first-order chi connectivity index (χ1) is 9.73. The molecule has 1 atom stereocenters. The van der Waals surface area contributed by atoms with E-state index in [-0.39, 0.29) is 6.04 Å². The molecule has 0 aliphatic carbocycles. The molecule has 0 spiro atoms. The number of thioether (sulfide) groups is 1. The van der Waals surface area contributed by atoms with Crippen LogP contribution in [0.15, 0.2) is 29.2 Å². The number of hydrogen-bond acceptors (Lipinski definition) is 4. The lowest BCUT2D eigenvalue weighted by molar-refractivity contribution is -0.0436. The fraction of sp³-hybridized carbons (Fsp3) is 0.538. The van der Waals surface area contributed by atoms with Crippen molar-refractivity contribution in [2.24, 2.45) is 0 Å². The summed E-state index contributed by atoms with van der Waals surface area (Å²) in [7, 11) is -5.27. The minimum Gasteiger partial charge on any atom is -0.368 e. The number of benzene rings is 1. The van der Waals surface area contributed by atoms with Gasteiger partial charge in [0.05, 0.1) is 4.90 Å². The molecule has 3 nitrogen and oxygen atoms in total. The summed E-state index contributed by atoms with van der Waals surface area (Å²) in [5.41, 5.74) is -4.51. The van der Waals surface area contributed by atoms with E-state index in [1.54, 1.807) is 0 Å². The molecule has 0 amide bonds. The third kappa shape index (κ3) is 3.48. The van der Waals surface area contributed by atoms with Gasteiger partial charge in [-0.1, -0.05) is 0 Å². The molecule has 1 aliphatic heterocycles. The molecule has 1 saturated heterocycles. The van der Waals surface area contributed by atoms with Crippen LogP contribution in [0.5, 0.6) is 0 Å². The topological polar surface area (TPSA) is 37.4 Å². The summed E-state index contributed by atoms with van der Waals surface area (Å²) in [4.78, 5) is 1.39. The number of nitrogens with zero attached hydrogens (tertiary/aromatic N) is 1. The van der Waals surface area contributed by atoms with Gasteiger partial charge in [0, 0.05) is 24.0 Å². The Morgan fingerprint density at radius 1 is 1.19 bits per heavy atom. The van der Waals surface area contributed by atoms with Crippen molar-refractivity contribution in [2.75, 3.05) is 23.0 Å². The van der Waals surface area contributed by atoms with E-state index >= 15 is 0 Å². The second kappa shape index (κ2) is 6.08. The van der Waals surface area contributed by atoms with Crippen LogP contribution in [-0.2, 0) is 9.84 Å². The summed E-state index contributed by atoms with van der Waals surface area (Å²) in [6.45, 7) is 2.86. The molecule has 1 aromatic carbocycles. The Labute approximate surface area is 126 Å². The predicted molar refractivity (Wildman–Crippen MR) is 78.4 cm³/mol. The fourth-order valence-corrected chi connectivity index (χ4v) is 4.03. The summed E-state index contributed by atoms with van der Waals surface area (Å²) < 4.78 is 60.1. The molecule has 0 aromatic heterocycles. The molecule has 118 valence electrons. The highest BCUT2D eigenvalue weighted by Crippen LogP contribution is 2.32. The third-order valence-corrected chi connectivity index (χ3v) is 5.97. The highest BCUT2D eigenvalue weighted by molar-refractivity contribution is 7.99. The standard InChI is InChI=1S/C13H16F3NO2S2/c1-10-6-8-20-9-7-17(10)11-2-4-12(5-3-11)21(18,19)13(14,15)16/h2-5,10H,6-9H2,1H3. The number of hydrogen-bond donors (Lipinski definition) is 0. The van der Waals surface area contributed by atoms with Gasteiger partial charge in [0.1, 0.15) is 0 Å². The molecule has 1 aromatic rings. The molecule has 0 saturated carbocycles. The van der Waals surface area contributed by atoms with Crippen molar-refractivity contribution in [1.82, 2.24) is 0 Å². The van der Waals surface area contributed by atoms with Gasteiger partial charge in [0.2, 0.25) is 0 Å². The molecule has 1 fully saturated rings. The van der Waals surface area contributed by atoms with Crippen LogP contribution in [0.3, 0.4) is 0 Å². The van der Waals surface area contributed by atoms with Crippen LogP contribution in [0.4, 0.5) is 18.9 Å². The van der Waals surface area contributed by atoms with Crippen LogP contribution >= 0.6 is 11.8 Å². The van der Waals surface area contributed by atoms with Crippen molar-refractivity contribution < 1.29 is 21.6 Å². The lowest BCUT2D eigenvalue weighted by atomic mass is 10.2. The van der Waals surface area contributed by atoms with E-state index in [2.05, 4.69) is 11.8 Å². The summed E-state index contributed by atoms with van der Waals surface area (Å²) in [5.74, 6) is 2.01. The van der Waals surface area contributed by atoms with Crippen molar-refractivity contribution in [3.8, 4) is 0 Å². The maximum atomic E-state index is 12.5. The maximum Gasteiger partial charge on any atom is 0.501 e. The van der Waals surface area contributed by atoms with Crippen molar-refractivity contribution in [3.05, 3.63) is 24.3 Å². The van der Waals surface area contributed by atoms with Gasteiger partial charge in [0.25, 0.3) is 9.84 Å². The average molecular weight is 339 g/mol. The summed E-state index contributed by atoms with van der Waals surface area (Å²) in [6, 6.07) is 5.24. The van der Waals surface area contributed by atoms with E-state index in [0.717, 1.165) is 42.3 Å². The number of alkyl halides is 3. The second-order valence-electron chi connectivity index (χ2n) is 4.89. The van der Waals surface area contributed by atoms with Crippen LogP contribution in [-0.4, -0.2) is 38.0 Å². The molecule has 1 unspecified atom stereocenters. The summed E-state index contributed by atoms with van der Waals surface area (Å²) >= 11 is 1.84. The van der Waals surface area contributed by atoms with E-state index in [0.29, 0.717) is 0 Å². The van der Waals surface area contributed by atoms with E-state index in [9.17, 15) is 21.6 Å². The Morgan fingerprint density at radius 3 is 2.38 bits per heavy atom. The molecule has 0 radical (unpaired) electrons. The largest absolute Gasteiger partial charge is 0.501 e. The second-order valence-corrected chi connectivity index (χ2v) is 8.05. The van der Waals surface area contributed by atoms with E-state index in [4.69, 9.17) is 0 Å². The van der Waals surface area contributed by atoms with Gasteiger partial charge in [-0.3, -0.25) is 0 Å². The number of sulfone groups is 1. The maximum absolute atomic E-state index is 12.5. The Bertz CT molecular complexity index is 584. The van der Waals surface area contributed by atoms with Gasteiger partial charge in [0.15, 0.2) is 0 Å². The van der Waals surface area contributed by atoms with Crippen molar-refractivity contribution in [3.63, 3.8) is 0 Å². The Balaban J connectivity index is 2.27. The molecule has 1 aliphatic rings. The zero-order valence-electron chi connectivity index (χ0n) is 11.4. The lowest BCUT2D eigenvalue weighted by Crippen LogP contribution is -2.33. The quantitative estimate of drug-likeness (QED) is 0.828. The third-order valence-electron chi connectivity index (χ3n) is 3.47. The average Bonchev–Trinajstić information content (AvgIpc) is 2.62. The SMILES string of the molecule is CC1CCSCCN1c1ccc(S(=O)(=O)C(F)(F)F)cc1. The molecule has 1 heterocycles. The molecule has 8 heteroatoms. The van der Waals surface area contributed by atoms with Gasteiger partial charge in [-0.05, 0) is 43.4 Å². The Morgan fingerprint density at radius 2 is 1.81 bits per heavy atom. The van der Waals surface area contributed by atoms with E-state index in [1.807, 2.05) is 11.8 Å². The predicted octanol–water partition coefficient (Wildman–Crippen LogP) is 3.31. The van der Waals surface area contributed by atoms with Crippen LogP contribution in [0, 0.1) is 0 Å². The number of halogens is 3. The van der Waals surface area contributed by atoms with Crippen LogP contribution < -0.4 is 4.90 Å². The fourth-order valence-electron chi connectivity index (χ4n) is 2.23. The monoisotopic (exact) mass is 339 g/mol. The smallest absolute Gasteiger partial charge is 0.368 e. The van der Waals surface area contributed by atoms with Gasteiger partial charge in [-0.15, -0.1) is 0 Å². The van der Waals surface area contributed by atoms with Crippen LogP contribution in [0.1, 0.15) is 13.3 Å². The minimum absolute atomic E-state index is 0.282. The van der Waals surface area contributed by atoms with Crippen molar-refractivity contribution in [2.45, 2.75) is 29.8 Å². The highest BCUT2D eigenvalue weighted by atomic mass is 32.2. The Hall–Kier alpha value is -0.890. The molecule has 21 heavy (non-hydrogen) atoms. The zero-order chi connectivity index (χ0) is 15.7. The Kier molecular flexibility index (Phi) is 4.77. The first-order valence-corrected chi connectivity index (χ1v) is 9.13. The lowest BCUT2D eigenvalue weighted by Gasteiger charge is -2.29. The molecule has 0 bridgehead atoms. The van der Waals surface area contributed by atoms with Crippen LogP contribution in [0.25, 0.3) is 0 Å². The molecular weight excluding hydrogens is 323 g/mol. The molecule has 0 N–H and O–H groups in total. The highest BCUT2D eigenvalue weighted by Gasteiger charge is 2.46. The van der Waals surface area contributed by atoms with Gasteiger partial charge in [-0.2, -0.15) is 24.9 Å². The first-order valence-electron chi connectivity index (χ1n) is 6.49.